The Kier molecular flexibility index (Phi) is 13.3. The zero-order chi connectivity index (χ0) is 19.8. The highest BCUT2D eigenvalue weighted by atomic mass is 16.4. The summed E-state index contributed by atoms with van der Waals surface area (Å²) in [6.07, 6.45) is 25.1. The normalized spacial score (nSPS) is 19.1. The molecule has 1 atom stereocenters. The first-order chi connectivity index (χ1) is 13.1. The lowest BCUT2D eigenvalue weighted by atomic mass is 10.0. The molecule has 0 aromatic heterocycles. The number of carboxylic acid groups (broad SMARTS) is 1. The summed E-state index contributed by atoms with van der Waals surface area (Å²) in [6.45, 7) is 3.83. The van der Waals surface area contributed by atoms with Crippen LogP contribution in [0, 0.1) is 0 Å². The lowest BCUT2D eigenvalue weighted by molar-refractivity contribution is -0.786. The molecule has 0 saturated heterocycles. The zero-order valence-electron chi connectivity index (χ0n) is 18.1. The smallest absolute Gasteiger partial charge is 0.435 e. The molecule has 0 spiro atoms. The number of hydrogen-bond acceptors (Lipinski definition) is 2. The molecule has 1 N–H and O–H groups in total. The second-order valence-corrected chi connectivity index (χ2v) is 8.61. The van der Waals surface area contributed by atoms with E-state index in [0.717, 1.165) is 6.54 Å². The van der Waals surface area contributed by atoms with Crippen molar-refractivity contribution in [1.82, 2.24) is 4.90 Å². The molecule has 4 nitrogen and oxygen atoms in total. The van der Waals surface area contributed by atoms with Gasteiger partial charge >= 0.3 is 6.09 Å². The molecule has 1 heterocycles. The van der Waals surface area contributed by atoms with Gasteiger partial charge in [-0.2, -0.15) is 9.28 Å². The predicted molar refractivity (Wildman–Crippen MR) is 114 cm³/mol. The molecule has 1 aliphatic rings. The largest absolute Gasteiger partial charge is 0.519 e. The van der Waals surface area contributed by atoms with Gasteiger partial charge in [-0.1, -0.05) is 103 Å². The standard InChI is InChI=1S/C23H44N2O2/c1-3-4-5-6-7-8-9-10-11-12-13-14-15-16-17-18-19-24-20-21-25(2,22-24)23(26)27/h20-21H,3-19,22H2,1-2H3/p+1. The summed E-state index contributed by atoms with van der Waals surface area (Å²) in [5.41, 5.74) is 0. The average Bonchev–Trinajstić information content (AvgIpc) is 3.04. The van der Waals surface area contributed by atoms with Crippen LogP contribution in [0.25, 0.3) is 0 Å². The van der Waals surface area contributed by atoms with E-state index in [1.54, 1.807) is 13.2 Å². The minimum Gasteiger partial charge on any atom is -0.435 e. The Morgan fingerprint density at radius 3 is 1.59 bits per heavy atom. The highest BCUT2D eigenvalue weighted by Crippen LogP contribution is 2.17. The molecular formula is C23H45N2O2+. The van der Waals surface area contributed by atoms with E-state index in [1.807, 2.05) is 6.20 Å². The van der Waals surface area contributed by atoms with E-state index in [2.05, 4.69) is 11.8 Å². The average molecular weight is 382 g/mol. The summed E-state index contributed by atoms with van der Waals surface area (Å²) in [6, 6.07) is 0. The summed E-state index contributed by atoms with van der Waals surface area (Å²) in [4.78, 5) is 13.3. The van der Waals surface area contributed by atoms with Gasteiger partial charge in [-0.05, 0) is 6.42 Å². The maximum absolute atomic E-state index is 11.2. The van der Waals surface area contributed by atoms with Crippen molar-refractivity contribution in [1.29, 1.82) is 0 Å². The van der Waals surface area contributed by atoms with Gasteiger partial charge in [0.1, 0.15) is 6.20 Å². The van der Waals surface area contributed by atoms with Gasteiger partial charge in [0, 0.05) is 6.54 Å². The van der Waals surface area contributed by atoms with Crippen LogP contribution < -0.4 is 0 Å². The third-order valence-corrected chi connectivity index (χ3v) is 5.82. The van der Waals surface area contributed by atoms with E-state index in [9.17, 15) is 9.90 Å². The molecule has 0 saturated carbocycles. The van der Waals surface area contributed by atoms with E-state index >= 15 is 0 Å². The fourth-order valence-electron chi connectivity index (χ4n) is 3.85. The van der Waals surface area contributed by atoms with Gasteiger partial charge in [0.05, 0.1) is 13.2 Å². The Hall–Kier alpha value is -1.03. The highest BCUT2D eigenvalue weighted by Gasteiger charge is 2.35. The van der Waals surface area contributed by atoms with Crippen molar-refractivity contribution in [2.24, 2.45) is 0 Å². The van der Waals surface area contributed by atoms with Crippen LogP contribution >= 0.6 is 0 Å². The van der Waals surface area contributed by atoms with Crippen molar-refractivity contribution in [3.05, 3.63) is 12.4 Å². The van der Waals surface area contributed by atoms with Crippen LogP contribution in [0.5, 0.6) is 0 Å². The first-order valence-electron chi connectivity index (χ1n) is 11.6. The first-order valence-corrected chi connectivity index (χ1v) is 11.6. The first kappa shape index (κ1) is 24.0. The number of unbranched alkanes of at least 4 members (excludes halogenated alkanes) is 15. The molecule has 1 aliphatic heterocycles. The minimum atomic E-state index is -0.777. The number of rotatable bonds is 17. The van der Waals surface area contributed by atoms with Gasteiger partial charge in [0.2, 0.25) is 0 Å². The maximum atomic E-state index is 11.2. The van der Waals surface area contributed by atoms with E-state index in [0.29, 0.717) is 6.67 Å². The molecular weight excluding hydrogens is 336 g/mol. The maximum Gasteiger partial charge on any atom is 0.519 e. The Balaban J connectivity index is 1.78. The summed E-state index contributed by atoms with van der Waals surface area (Å²) in [7, 11) is 1.74. The molecule has 1 rings (SSSR count). The molecule has 0 aliphatic carbocycles. The van der Waals surface area contributed by atoms with Gasteiger partial charge < -0.3 is 10.0 Å². The zero-order valence-corrected chi connectivity index (χ0v) is 18.1. The van der Waals surface area contributed by atoms with E-state index in [4.69, 9.17) is 0 Å². The third-order valence-electron chi connectivity index (χ3n) is 5.82. The topological polar surface area (TPSA) is 40.5 Å². The molecule has 0 radical (unpaired) electrons. The summed E-state index contributed by atoms with van der Waals surface area (Å²) in [5, 5.41) is 9.20. The van der Waals surface area contributed by atoms with Crippen LogP contribution in [0.4, 0.5) is 4.79 Å². The number of nitrogens with zero attached hydrogens (tertiary/aromatic N) is 2. The van der Waals surface area contributed by atoms with Crippen LogP contribution in [0.15, 0.2) is 12.4 Å². The van der Waals surface area contributed by atoms with Gasteiger partial charge in [0.15, 0.2) is 6.67 Å². The molecule has 158 valence electrons. The van der Waals surface area contributed by atoms with Crippen LogP contribution in [-0.2, 0) is 0 Å². The molecule has 1 amide bonds. The van der Waals surface area contributed by atoms with Crippen LogP contribution in [0.1, 0.15) is 110 Å². The van der Waals surface area contributed by atoms with Crippen molar-refractivity contribution < 1.29 is 14.4 Å². The number of amides is 1. The SMILES string of the molecule is CCCCCCCCCCCCCCCCCCN1C=C[N+](C)(C(=O)O)C1. The van der Waals surface area contributed by atoms with E-state index < -0.39 is 6.09 Å². The lowest BCUT2D eigenvalue weighted by Crippen LogP contribution is -2.45. The molecule has 1 unspecified atom stereocenters. The molecule has 0 fully saturated rings. The van der Waals surface area contributed by atoms with Gasteiger partial charge in [-0.3, -0.25) is 0 Å². The van der Waals surface area contributed by atoms with Crippen molar-refractivity contribution in [2.45, 2.75) is 110 Å². The molecule has 0 aromatic carbocycles. The van der Waals surface area contributed by atoms with Gasteiger partial charge in [-0.25, -0.2) is 0 Å². The fourth-order valence-corrected chi connectivity index (χ4v) is 3.85. The van der Waals surface area contributed by atoms with Crippen molar-refractivity contribution in [3.63, 3.8) is 0 Å². The van der Waals surface area contributed by atoms with Gasteiger partial charge in [0.25, 0.3) is 0 Å². The third kappa shape index (κ3) is 11.4. The minimum absolute atomic E-state index is 0.0150. The summed E-state index contributed by atoms with van der Waals surface area (Å²) >= 11 is 0. The second kappa shape index (κ2) is 15.0. The van der Waals surface area contributed by atoms with E-state index in [-0.39, 0.29) is 4.48 Å². The predicted octanol–water partition coefficient (Wildman–Crippen LogP) is 7.12. The Labute approximate surface area is 168 Å². The molecule has 4 heteroatoms. The van der Waals surface area contributed by atoms with Crippen LogP contribution in [0.3, 0.4) is 0 Å². The second-order valence-electron chi connectivity index (χ2n) is 8.61. The fraction of sp³-hybridized carbons (Fsp3) is 0.870. The summed E-state index contributed by atoms with van der Waals surface area (Å²) < 4.78 is -0.0150. The van der Waals surface area contributed by atoms with Crippen molar-refractivity contribution in [3.8, 4) is 0 Å². The molecule has 27 heavy (non-hydrogen) atoms. The van der Waals surface area contributed by atoms with Crippen molar-refractivity contribution in [2.75, 3.05) is 20.3 Å². The monoisotopic (exact) mass is 381 g/mol. The quantitative estimate of drug-likeness (QED) is 0.215. The van der Waals surface area contributed by atoms with Crippen LogP contribution in [-0.4, -0.2) is 40.8 Å². The summed E-state index contributed by atoms with van der Waals surface area (Å²) in [5.74, 6) is 0. The number of carbonyl (C=O) groups is 1. The number of hydrogen-bond donors (Lipinski definition) is 1. The van der Waals surface area contributed by atoms with E-state index in [1.165, 1.54) is 103 Å². The molecule has 0 aromatic rings. The van der Waals surface area contributed by atoms with Gasteiger partial charge in [-0.15, -0.1) is 0 Å². The van der Waals surface area contributed by atoms with Crippen LogP contribution in [0.2, 0.25) is 0 Å². The van der Waals surface area contributed by atoms with Crippen molar-refractivity contribution >= 4 is 6.09 Å². The number of quaternary nitrogens is 1. The molecule has 0 bridgehead atoms. The highest BCUT2D eigenvalue weighted by molar-refractivity contribution is 5.57. The lowest BCUT2D eigenvalue weighted by Gasteiger charge is -2.22. The Morgan fingerprint density at radius 1 is 0.815 bits per heavy atom. The Bertz CT molecular complexity index is 411. The Morgan fingerprint density at radius 2 is 1.22 bits per heavy atom.